The van der Waals surface area contributed by atoms with Crippen LogP contribution < -0.4 is 0 Å². The maximum atomic E-state index is 4.33. The Labute approximate surface area is 506 Å². The van der Waals surface area contributed by atoms with Crippen LogP contribution in [0.5, 0.6) is 0 Å². The summed E-state index contributed by atoms with van der Waals surface area (Å²) in [6.07, 6.45) is 0. The van der Waals surface area contributed by atoms with E-state index in [0.717, 1.165) is 0 Å². The van der Waals surface area contributed by atoms with Gasteiger partial charge in [0.05, 0.1) is 50.8 Å². The second-order valence-corrected chi connectivity index (χ2v) is 46.0. The minimum absolute atomic E-state index is 0.352. The molecule has 0 saturated carbocycles. The lowest BCUT2D eigenvalue weighted by atomic mass is 9.85. The van der Waals surface area contributed by atoms with E-state index in [1.165, 1.54) is 114 Å². The number of hydrogen-bond donors (Lipinski definition) is 3. The maximum Gasteiger partial charge on any atom is 0.0717 e. The third-order valence-corrected chi connectivity index (χ3v) is 37.6. The molecule has 0 spiro atoms. The van der Waals surface area contributed by atoms with Crippen molar-refractivity contribution in [3.05, 3.63) is 85.0 Å². The van der Waals surface area contributed by atoms with Gasteiger partial charge in [-0.25, -0.2) is 0 Å². The fourth-order valence-corrected chi connectivity index (χ4v) is 37.1. The number of H-pyrrole nitrogens is 3. The number of aromatic amines is 3. The van der Waals surface area contributed by atoms with Gasteiger partial charge in [-0.1, -0.05) is 224 Å². The molecular formula is C51H63N3S18. The normalized spacial score (nSPS) is 21.3. The number of fused-ring (bicyclic) bond motifs is 15. The second kappa shape index (κ2) is 22.4. The Kier molecular flexibility index (Phi) is 18.0. The zero-order chi connectivity index (χ0) is 51.7. The highest BCUT2D eigenvalue weighted by molar-refractivity contribution is 8.44. The van der Waals surface area contributed by atoms with E-state index in [-0.39, 0.29) is 16.2 Å². The molecule has 0 amide bonds. The van der Waals surface area contributed by atoms with Crippen LogP contribution in [0.1, 0.15) is 159 Å². The van der Waals surface area contributed by atoms with Gasteiger partial charge in [-0.3, -0.25) is 0 Å². The Morgan fingerprint density at radius 3 is 0.528 bits per heavy atom. The smallest absolute Gasteiger partial charge is 0.0717 e. The lowest BCUT2D eigenvalue weighted by Crippen LogP contribution is -2.27. The van der Waals surface area contributed by atoms with Gasteiger partial charge in [0, 0.05) is 111 Å². The van der Waals surface area contributed by atoms with Gasteiger partial charge >= 0.3 is 0 Å². The molecular weight excluding hydrogens is 1230 g/mol. The number of aromatic nitrogens is 3. The third-order valence-electron chi connectivity index (χ3n) is 11.8. The highest BCUT2D eigenvalue weighted by Crippen LogP contribution is 2.72. The number of thioether (sulfide) groups is 18. The Morgan fingerprint density at radius 1 is 0.250 bits per heavy atom. The lowest BCUT2D eigenvalue weighted by molar-refractivity contribution is 0.533. The van der Waals surface area contributed by atoms with Gasteiger partial charge in [0.15, 0.2) is 0 Å². The average molecular weight is 1300 g/mol. The first kappa shape index (κ1) is 57.8. The molecule has 10 heterocycles. The molecule has 7 aliphatic heterocycles. The van der Waals surface area contributed by atoms with Crippen molar-refractivity contribution in [2.75, 3.05) is 0 Å². The molecule has 3 aromatic heterocycles. The molecule has 0 saturated heterocycles. The minimum Gasteiger partial charge on any atom is -0.359 e. The predicted molar refractivity (Wildman–Crippen MR) is 358 cm³/mol. The molecule has 7 aliphatic rings. The molecule has 0 aliphatic carbocycles. The van der Waals surface area contributed by atoms with Gasteiger partial charge in [-0.2, -0.15) is 0 Å². The molecule has 3 N–H and O–H groups in total. The molecule has 0 radical (unpaired) electrons. The van der Waals surface area contributed by atoms with Crippen molar-refractivity contribution >= 4 is 212 Å². The summed E-state index contributed by atoms with van der Waals surface area (Å²) < 4.78 is 17.4. The quantitative estimate of drug-likeness (QED) is 0.161. The summed E-state index contributed by atoms with van der Waals surface area (Å²) in [7, 11) is 0. The largest absolute Gasteiger partial charge is 0.359 e. The summed E-state index contributed by atoms with van der Waals surface area (Å²) in [5, 5.41) is 3.22. The van der Waals surface area contributed by atoms with Crippen LogP contribution in [-0.2, 0) is 16.2 Å². The van der Waals surface area contributed by atoms with Crippen molar-refractivity contribution in [2.24, 2.45) is 0 Å². The van der Waals surface area contributed by atoms with Crippen LogP contribution in [0.15, 0.2) is 80.2 Å². The fraction of sp³-hybridized carbons (Fsp3) is 0.529. The van der Waals surface area contributed by atoms with E-state index in [1.807, 2.05) is 212 Å². The molecule has 3 aromatic rings. The van der Waals surface area contributed by atoms with Gasteiger partial charge in [0.1, 0.15) is 0 Å². The van der Waals surface area contributed by atoms with Crippen LogP contribution >= 0.6 is 212 Å². The summed E-state index contributed by atoms with van der Waals surface area (Å²) in [4.78, 5) is 21.4. The van der Waals surface area contributed by atoms with Crippen LogP contribution in [0.25, 0.3) is 0 Å². The first-order chi connectivity index (χ1) is 33.8. The van der Waals surface area contributed by atoms with Crippen molar-refractivity contribution in [3.63, 3.8) is 0 Å². The Hall–Kier alpha value is 2.58. The Bertz CT molecular complexity index is 2450. The molecule has 10 rings (SSSR count). The van der Waals surface area contributed by atoms with Gasteiger partial charge < -0.3 is 15.0 Å². The van der Waals surface area contributed by atoms with E-state index < -0.39 is 0 Å². The Balaban J connectivity index is 1.13. The molecule has 6 bridgehead atoms. The second-order valence-electron chi connectivity index (χ2n) is 21.1. The van der Waals surface area contributed by atoms with Gasteiger partial charge in [-0.05, 0) is 41.5 Å². The van der Waals surface area contributed by atoms with Crippen LogP contribution in [0.4, 0.5) is 0 Å². The molecule has 72 heavy (non-hydrogen) atoms. The van der Waals surface area contributed by atoms with Crippen molar-refractivity contribution in [1.82, 2.24) is 15.0 Å². The first-order valence-electron chi connectivity index (χ1n) is 24.2. The molecule has 0 unspecified atom stereocenters. The lowest BCUT2D eigenvalue weighted by Gasteiger charge is -2.30. The van der Waals surface area contributed by atoms with E-state index in [1.54, 1.807) is 0 Å². The van der Waals surface area contributed by atoms with Crippen molar-refractivity contribution in [3.8, 4) is 0 Å². The summed E-state index contributed by atoms with van der Waals surface area (Å²) in [6.45, 7) is 42.9. The van der Waals surface area contributed by atoms with E-state index in [4.69, 9.17) is 0 Å². The van der Waals surface area contributed by atoms with Gasteiger partial charge in [-0.15, -0.1) is 70.6 Å². The van der Waals surface area contributed by atoms with Crippen molar-refractivity contribution < 1.29 is 0 Å². The predicted octanol–water partition coefficient (Wildman–Crippen LogP) is 23.6. The number of hydrogen-bond acceptors (Lipinski definition) is 18. The van der Waals surface area contributed by atoms with Crippen LogP contribution in [-0.4, -0.2) is 46.5 Å². The molecule has 0 atom stereocenters. The zero-order valence-electron chi connectivity index (χ0n) is 43.8. The maximum absolute atomic E-state index is 4.33. The number of rotatable bonds is 12. The third kappa shape index (κ3) is 11.2. The SMILES string of the molecule is CC(C)SC1=C(SC(C)C)SC(=C2Sc3c4[nH]c(c3S2)C(C)(C)c2[nH]c(c3c2SC(=C2SC(SC(C)C)=C(SC(C)C)S2)S3)C(C)(C)c2[nH]c(c3c2SC(=C2SC(SC(C)C)=C(SC(C)C)S2)S3)C4(C)C)S1. The monoisotopic (exact) mass is 1290 g/mol. The summed E-state index contributed by atoms with van der Waals surface area (Å²) in [6, 6.07) is 0. The molecule has 21 heteroatoms. The molecule has 0 aromatic carbocycles. The standard InChI is InChI=1S/C51H63N3S18/c1-19(2)55-37-38(56-20(3)4)68-46(67-37)43-61-25-26(62-43)32-50(15,16)34-28-30(66-45(64-28)48-71-41(59-23(9)10)42(72-48)60-24(11)12)36(54-34)51(17,18)35-29-27(33(53-35)49(13,14)31(25)52-32)63-44(65-29)47-69-39(57-21(5)6)40(70-47)58-22(7)8/h19-24,52-54H,1-18H3. The average Bonchev–Trinajstić information content (AvgIpc) is 4.10. The number of nitrogens with one attached hydrogen (secondary N) is 3. The summed E-state index contributed by atoms with van der Waals surface area (Å²) >= 11 is 36.4. The van der Waals surface area contributed by atoms with E-state index in [0.29, 0.717) is 31.5 Å². The summed E-state index contributed by atoms with van der Waals surface area (Å²) in [5.41, 5.74) is 6.89. The fourth-order valence-electron chi connectivity index (χ4n) is 8.65. The van der Waals surface area contributed by atoms with E-state index >= 15 is 0 Å². The zero-order valence-corrected chi connectivity index (χ0v) is 58.5. The topological polar surface area (TPSA) is 47.4 Å². The molecule has 0 fully saturated rings. The van der Waals surface area contributed by atoms with Gasteiger partial charge in [0.2, 0.25) is 0 Å². The van der Waals surface area contributed by atoms with Crippen molar-refractivity contribution in [1.29, 1.82) is 0 Å². The van der Waals surface area contributed by atoms with E-state index in [2.05, 4.69) is 140 Å². The highest BCUT2D eigenvalue weighted by atomic mass is 32.3. The molecule has 3 nitrogen and oxygen atoms in total. The Morgan fingerprint density at radius 2 is 0.389 bits per heavy atom. The first-order valence-corrected chi connectivity index (χ1v) is 39.3. The van der Waals surface area contributed by atoms with Gasteiger partial charge in [0.25, 0.3) is 0 Å². The molecule has 390 valence electrons. The summed E-state index contributed by atoms with van der Waals surface area (Å²) in [5.74, 6) is 0. The van der Waals surface area contributed by atoms with Crippen LogP contribution in [0.2, 0.25) is 0 Å². The van der Waals surface area contributed by atoms with E-state index in [9.17, 15) is 0 Å². The van der Waals surface area contributed by atoms with Crippen molar-refractivity contribution in [2.45, 2.75) is 202 Å². The highest BCUT2D eigenvalue weighted by Gasteiger charge is 2.50. The minimum atomic E-state index is -0.352. The van der Waals surface area contributed by atoms with Crippen LogP contribution in [0, 0.1) is 0 Å². The van der Waals surface area contributed by atoms with Crippen LogP contribution in [0.3, 0.4) is 0 Å².